The molecule has 164 valence electrons. The summed E-state index contributed by atoms with van der Waals surface area (Å²) in [4.78, 5) is 34.4. The Morgan fingerprint density at radius 2 is 1.87 bits per heavy atom. The third-order valence-electron chi connectivity index (χ3n) is 4.17. The van der Waals surface area contributed by atoms with E-state index in [0.29, 0.717) is 12.2 Å². The third-order valence-corrected chi connectivity index (χ3v) is 4.38. The van der Waals surface area contributed by atoms with Crippen LogP contribution in [-0.2, 0) is 20.7 Å². The van der Waals surface area contributed by atoms with Gasteiger partial charge < -0.3 is 20.1 Å². The number of benzene rings is 2. The minimum Gasteiger partial charge on any atom is -0.496 e. The van der Waals surface area contributed by atoms with Gasteiger partial charge in [-0.25, -0.2) is 0 Å². The lowest BCUT2D eigenvalue weighted by Crippen LogP contribution is -2.34. The van der Waals surface area contributed by atoms with Crippen LogP contribution in [0.5, 0.6) is 5.75 Å². The number of carbonyl (C=O) groups is 2. The average Bonchev–Trinajstić information content (AvgIpc) is 2.76. The van der Waals surface area contributed by atoms with Crippen molar-refractivity contribution in [1.82, 2.24) is 5.32 Å². The fourth-order valence-corrected chi connectivity index (χ4v) is 2.86. The smallest absolute Gasteiger partial charge is 0.306 e. The number of aryl methyl sites for hydroxylation is 1. The molecule has 0 unspecified atom stereocenters. The van der Waals surface area contributed by atoms with Gasteiger partial charge in [-0.2, -0.15) is 0 Å². The van der Waals surface area contributed by atoms with Crippen molar-refractivity contribution in [2.24, 2.45) is 0 Å². The van der Waals surface area contributed by atoms with Crippen LogP contribution in [0.2, 0.25) is 0 Å². The van der Waals surface area contributed by atoms with E-state index < -0.39 is 16.8 Å². The van der Waals surface area contributed by atoms with Gasteiger partial charge in [0.25, 0.3) is 5.69 Å². The fourth-order valence-electron chi connectivity index (χ4n) is 2.63. The molecule has 10 heteroatoms. The number of amides is 1. The molecular formula is C21H23N3O6S. The summed E-state index contributed by atoms with van der Waals surface area (Å²) in [6, 6.07) is 14.0. The molecule has 1 amide bonds. The summed E-state index contributed by atoms with van der Waals surface area (Å²) in [5.41, 5.74) is 1.01. The highest BCUT2D eigenvalue weighted by atomic mass is 32.1. The molecular weight excluding hydrogens is 422 g/mol. The summed E-state index contributed by atoms with van der Waals surface area (Å²) in [6.45, 7) is 0.274. The maximum atomic E-state index is 12.0. The molecule has 0 heterocycles. The predicted molar refractivity (Wildman–Crippen MR) is 119 cm³/mol. The van der Waals surface area contributed by atoms with E-state index >= 15 is 0 Å². The van der Waals surface area contributed by atoms with Crippen LogP contribution in [0, 0.1) is 10.1 Å². The van der Waals surface area contributed by atoms with Crippen LogP contribution >= 0.6 is 12.2 Å². The molecule has 0 aromatic heterocycles. The Labute approximate surface area is 184 Å². The van der Waals surface area contributed by atoms with Crippen LogP contribution in [0.25, 0.3) is 0 Å². The molecule has 0 aliphatic heterocycles. The number of ether oxygens (including phenoxy) is 2. The predicted octanol–water partition coefficient (Wildman–Crippen LogP) is 3.37. The normalized spacial score (nSPS) is 10.1. The van der Waals surface area contributed by atoms with Crippen molar-refractivity contribution in [2.75, 3.05) is 19.0 Å². The van der Waals surface area contributed by atoms with Crippen LogP contribution in [0.3, 0.4) is 0 Å². The number of nitrogens with zero attached hydrogens (tertiary/aromatic N) is 1. The largest absolute Gasteiger partial charge is 0.496 e. The monoisotopic (exact) mass is 445 g/mol. The second-order valence-corrected chi connectivity index (χ2v) is 6.86. The number of thiocarbonyl (C=S) groups is 1. The highest BCUT2D eigenvalue weighted by Crippen LogP contribution is 2.28. The van der Waals surface area contributed by atoms with Gasteiger partial charge in [0.2, 0.25) is 5.91 Å². The van der Waals surface area contributed by atoms with Gasteiger partial charge in [0.1, 0.15) is 11.4 Å². The van der Waals surface area contributed by atoms with Crippen molar-refractivity contribution < 1.29 is 24.0 Å². The average molecular weight is 445 g/mol. The molecule has 0 aliphatic carbocycles. The Balaban J connectivity index is 1.70. The van der Waals surface area contributed by atoms with E-state index in [-0.39, 0.29) is 35.9 Å². The zero-order valence-corrected chi connectivity index (χ0v) is 17.8. The van der Waals surface area contributed by atoms with E-state index in [0.717, 1.165) is 12.0 Å². The van der Waals surface area contributed by atoms with E-state index in [1.54, 1.807) is 0 Å². The number of nitrogens with one attached hydrogen (secondary N) is 2. The van der Waals surface area contributed by atoms with Gasteiger partial charge in [0.15, 0.2) is 5.11 Å². The van der Waals surface area contributed by atoms with Gasteiger partial charge in [-0.15, -0.1) is 0 Å². The molecule has 0 radical (unpaired) electrons. The number of esters is 1. The Morgan fingerprint density at radius 1 is 1.13 bits per heavy atom. The second-order valence-electron chi connectivity index (χ2n) is 6.45. The molecule has 0 fully saturated rings. The van der Waals surface area contributed by atoms with Crippen LogP contribution in [-0.4, -0.2) is 35.6 Å². The molecule has 0 saturated heterocycles. The van der Waals surface area contributed by atoms with Crippen molar-refractivity contribution in [1.29, 1.82) is 0 Å². The zero-order chi connectivity index (χ0) is 22.6. The lowest BCUT2D eigenvalue weighted by atomic mass is 10.1. The number of carbonyl (C=O) groups excluding carboxylic acids is 2. The Morgan fingerprint density at radius 3 is 2.55 bits per heavy atom. The topological polar surface area (TPSA) is 120 Å². The summed E-state index contributed by atoms with van der Waals surface area (Å²) in [7, 11) is 1.39. The standard InChI is InChI=1S/C21H23N3O6S/c1-29-16-9-10-17(18(14-16)24(27)28)22-21(31)23-19(25)11-12-20(26)30-13-5-8-15-6-3-2-4-7-15/h2-4,6-7,9-10,14H,5,8,11-13H2,1H3,(H2,22,23,25,31). The van der Waals surface area contributed by atoms with Crippen molar-refractivity contribution in [3.05, 3.63) is 64.2 Å². The van der Waals surface area contributed by atoms with Crippen molar-refractivity contribution in [3.8, 4) is 5.75 Å². The van der Waals surface area contributed by atoms with Gasteiger partial charge in [-0.1, -0.05) is 30.3 Å². The Kier molecular flexibility index (Phi) is 9.37. The third kappa shape index (κ3) is 8.39. The number of anilines is 1. The Bertz CT molecular complexity index is 936. The fraction of sp³-hybridized carbons (Fsp3) is 0.286. The summed E-state index contributed by atoms with van der Waals surface area (Å²) in [5.74, 6) is -0.669. The van der Waals surface area contributed by atoms with Gasteiger partial charge in [-0.05, 0) is 42.8 Å². The first-order valence-corrected chi connectivity index (χ1v) is 9.92. The SMILES string of the molecule is COc1ccc(NC(=S)NC(=O)CCC(=O)OCCCc2ccccc2)c([N+](=O)[O-])c1. The molecule has 0 bridgehead atoms. The van der Waals surface area contributed by atoms with Crippen molar-refractivity contribution in [2.45, 2.75) is 25.7 Å². The van der Waals surface area contributed by atoms with Crippen LogP contribution < -0.4 is 15.4 Å². The number of methoxy groups -OCH3 is 1. The summed E-state index contributed by atoms with van der Waals surface area (Å²) in [6.07, 6.45) is 1.27. The zero-order valence-electron chi connectivity index (χ0n) is 17.0. The maximum absolute atomic E-state index is 12.0. The van der Waals surface area contributed by atoms with Gasteiger partial charge >= 0.3 is 5.97 Å². The molecule has 2 rings (SSSR count). The number of rotatable bonds is 10. The Hall–Kier alpha value is -3.53. The molecule has 2 aromatic rings. The van der Waals surface area contributed by atoms with Gasteiger partial charge in [0, 0.05) is 6.42 Å². The van der Waals surface area contributed by atoms with E-state index in [9.17, 15) is 19.7 Å². The molecule has 2 N–H and O–H groups in total. The molecule has 0 atom stereocenters. The maximum Gasteiger partial charge on any atom is 0.306 e. The second kappa shape index (κ2) is 12.2. The summed E-state index contributed by atoms with van der Waals surface area (Å²) >= 11 is 5.02. The summed E-state index contributed by atoms with van der Waals surface area (Å²) < 4.78 is 10.1. The molecule has 0 aliphatic rings. The first kappa shape index (κ1) is 23.7. The first-order chi connectivity index (χ1) is 14.9. The highest BCUT2D eigenvalue weighted by molar-refractivity contribution is 7.80. The highest BCUT2D eigenvalue weighted by Gasteiger charge is 2.17. The number of hydrogen-bond acceptors (Lipinski definition) is 7. The minimum absolute atomic E-state index is 0.0948. The quantitative estimate of drug-likeness (QED) is 0.188. The van der Waals surface area contributed by atoms with Crippen LogP contribution in [0.4, 0.5) is 11.4 Å². The number of nitro groups is 1. The van der Waals surface area contributed by atoms with E-state index in [1.807, 2.05) is 30.3 Å². The minimum atomic E-state index is -0.594. The molecule has 0 spiro atoms. The molecule has 0 saturated carbocycles. The van der Waals surface area contributed by atoms with Gasteiger partial charge in [0.05, 0.1) is 31.1 Å². The van der Waals surface area contributed by atoms with Crippen LogP contribution in [0.15, 0.2) is 48.5 Å². The molecule has 9 nitrogen and oxygen atoms in total. The van der Waals surface area contributed by atoms with E-state index in [4.69, 9.17) is 21.7 Å². The first-order valence-electron chi connectivity index (χ1n) is 9.52. The summed E-state index contributed by atoms with van der Waals surface area (Å²) in [5, 5.41) is 16.1. The van der Waals surface area contributed by atoms with Crippen molar-refractivity contribution in [3.63, 3.8) is 0 Å². The lowest BCUT2D eigenvalue weighted by Gasteiger charge is -2.10. The van der Waals surface area contributed by atoms with Gasteiger partial charge in [-0.3, -0.25) is 19.7 Å². The van der Waals surface area contributed by atoms with Crippen LogP contribution in [0.1, 0.15) is 24.8 Å². The lowest BCUT2D eigenvalue weighted by molar-refractivity contribution is -0.384. The van der Waals surface area contributed by atoms with E-state index in [2.05, 4.69) is 10.6 Å². The van der Waals surface area contributed by atoms with E-state index in [1.165, 1.54) is 25.3 Å². The molecule has 31 heavy (non-hydrogen) atoms. The van der Waals surface area contributed by atoms with Crippen molar-refractivity contribution >= 4 is 40.6 Å². The number of nitro benzene ring substituents is 1. The molecule has 2 aromatic carbocycles. The number of hydrogen-bond donors (Lipinski definition) is 2.